The summed E-state index contributed by atoms with van der Waals surface area (Å²) >= 11 is 0. The minimum absolute atomic E-state index is 0.133. The Hall–Kier alpha value is -0.400. The first-order valence-corrected chi connectivity index (χ1v) is 14.5. The number of nitrogens with zero attached hydrogens (tertiary/aromatic N) is 6. The molecular weight excluding hydrogens is 460 g/mol. The minimum Gasteiger partial charge on any atom is -0.395 e. The van der Waals surface area contributed by atoms with Gasteiger partial charge in [-0.1, -0.05) is 0 Å². The fraction of sp³-hybridized carbons (Fsp3) is 1.00. The second-order valence-electron chi connectivity index (χ2n) is 10.4. The van der Waals surface area contributed by atoms with Crippen molar-refractivity contribution < 1.29 is 20.4 Å². The Kier molecular flexibility index (Phi) is 18.2. The van der Waals surface area contributed by atoms with Crippen molar-refractivity contribution in [3.8, 4) is 0 Å². The normalized spacial score (nSPS) is 17.7. The van der Waals surface area contributed by atoms with E-state index in [1.807, 2.05) is 0 Å². The molecule has 2 heterocycles. The SMILES string of the molecule is OCCN(CCN1CCCC1)CCN(CCO)CCN(CCO)CCN(CCO)CCN1CCCC1. The predicted molar refractivity (Wildman–Crippen MR) is 145 cm³/mol. The molecule has 0 aromatic carbocycles. The van der Waals surface area contributed by atoms with Gasteiger partial charge in [0.05, 0.1) is 26.4 Å². The minimum atomic E-state index is 0.133. The van der Waals surface area contributed by atoms with Crippen LogP contribution in [0.25, 0.3) is 0 Å². The van der Waals surface area contributed by atoms with Crippen molar-refractivity contribution in [1.82, 2.24) is 29.4 Å². The Morgan fingerprint density at radius 1 is 0.361 bits per heavy atom. The van der Waals surface area contributed by atoms with E-state index < -0.39 is 0 Å². The van der Waals surface area contributed by atoms with Crippen LogP contribution in [0.1, 0.15) is 25.7 Å². The number of hydrogen-bond donors (Lipinski definition) is 4. The molecule has 0 spiro atoms. The molecule has 2 fully saturated rings. The smallest absolute Gasteiger partial charge is 0.0558 e. The van der Waals surface area contributed by atoms with Gasteiger partial charge in [0.1, 0.15) is 0 Å². The first kappa shape index (κ1) is 31.8. The zero-order valence-corrected chi connectivity index (χ0v) is 22.9. The Bertz CT molecular complexity index is 465. The van der Waals surface area contributed by atoms with E-state index in [0.29, 0.717) is 26.2 Å². The second-order valence-corrected chi connectivity index (χ2v) is 10.4. The van der Waals surface area contributed by atoms with E-state index in [-0.39, 0.29) is 26.4 Å². The van der Waals surface area contributed by atoms with Crippen molar-refractivity contribution in [2.45, 2.75) is 25.7 Å². The summed E-state index contributed by atoms with van der Waals surface area (Å²) in [5.41, 5.74) is 0. The van der Waals surface area contributed by atoms with E-state index >= 15 is 0 Å². The highest BCUT2D eigenvalue weighted by Crippen LogP contribution is 2.08. The average molecular weight is 517 g/mol. The molecule has 0 radical (unpaired) electrons. The van der Waals surface area contributed by atoms with Crippen molar-refractivity contribution in [3.63, 3.8) is 0 Å². The topological polar surface area (TPSA) is 100 Å². The van der Waals surface area contributed by atoms with Gasteiger partial charge in [-0.2, -0.15) is 0 Å². The molecule has 10 nitrogen and oxygen atoms in total. The third-order valence-electron chi connectivity index (χ3n) is 7.72. The van der Waals surface area contributed by atoms with Crippen LogP contribution in [0.5, 0.6) is 0 Å². The summed E-state index contributed by atoms with van der Waals surface area (Å²) in [6, 6.07) is 0. The molecule has 0 aromatic rings. The van der Waals surface area contributed by atoms with E-state index in [4.69, 9.17) is 0 Å². The zero-order valence-electron chi connectivity index (χ0n) is 22.9. The maximum absolute atomic E-state index is 9.62. The highest BCUT2D eigenvalue weighted by molar-refractivity contribution is 4.73. The van der Waals surface area contributed by atoms with Gasteiger partial charge in [0, 0.05) is 91.6 Å². The van der Waals surface area contributed by atoms with Gasteiger partial charge in [-0.25, -0.2) is 0 Å². The van der Waals surface area contributed by atoms with Gasteiger partial charge in [-0.3, -0.25) is 19.6 Å². The fourth-order valence-corrected chi connectivity index (χ4v) is 5.33. The van der Waals surface area contributed by atoms with Crippen LogP contribution in [0.2, 0.25) is 0 Å². The molecule has 2 rings (SSSR count). The monoisotopic (exact) mass is 516 g/mol. The highest BCUT2D eigenvalue weighted by atomic mass is 16.3. The number of aliphatic hydroxyl groups excluding tert-OH is 4. The molecule has 0 unspecified atom stereocenters. The van der Waals surface area contributed by atoms with Crippen LogP contribution in [-0.4, -0.2) is 194 Å². The molecule has 36 heavy (non-hydrogen) atoms. The lowest BCUT2D eigenvalue weighted by molar-refractivity contribution is 0.115. The highest BCUT2D eigenvalue weighted by Gasteiger charge is 2.17. The van der Waals surface area contributed by atoms with E-state index in [1.54, 1.807) is 0 Å². The molecule has 2 aliphatic rings. The molecular formula is C26H56N6O4. The summed E-state index contributed by atoms with van der Waals surface area (Å²) in [4.78, 5) is 14.3. The van der Waals surface area contributed by atoms with Crippen LogP contribution in [0.15, 0.2) is 0 Å². The van der Waals surface area contributed by atoms with Crippen LogP contribution in [0.3, 0.4) is 0 Å². The predicted octanol–water partition coefficient (Wildman–Crippen LogP) is -1.64. The Morgan fingerprint density at radius 2 is 0.611 bits per heavy atom. The molecule has 0 saturated carbocycles. The van der Waals surface area contributed by atoms with Crippen molar-refractivity contribution >= 4 is 0 Å². The van der Waals surface area contributed by atoms with Gasteiger partial charge in [0.25, 0.3) is 0 Å². The van der Waals surface area contributed by atoms with E-state index in [0.717, 1.165) is 65.4 Å². The number of likely N-dealkylation sites (tertiary alicyclic amines) is 2. The summed E-state index contributed by atoms with van der Waals surface area (Å²) in [6.07, 6.45) is 5.19. The van der Waals surface area contributed by atoms with Crippen LogP contribution < -0.4 is 0 Å². The maximum Gasteiger partial charge on any atom is 0.0558 e. The molecule has 0 bridgehead atoms. The third-order valence-corrected chi connectivity index (χ3v) is 7.72. The molecule has 0 atom stereocenters. The van der Waals surface area contributed by atoms with Gasteiger partial charge in [-0.05, 0) is 51.9 Å². The summed E-state index contributed by atoms with van der Waals surface area (Å²) in [5.74, 6) is 0. The van der Waals surface area contributed by atoms with Crippen molar-refractivity contribution in [3.05, 3.63) is 0 Å². The number of rotatable bonds is 23. The first-order chi connectivity index (χ1) is 17.7. The van der Waals surface area contributed by atoms with Crippen LogP contribution in [-0.2, 0) is 0 Å². The maximum atomic E-state index is 9.62. The van der Waals surface area contributed by atoms with Crippen molar-refractivity contribution in [1.29, 1.82) is 0 Å². The van der Waals surface area contributed by atoms with Crippen molar-refractivity contribution in [2.24, 2.45) is 0 Å². The lowest BCUT2D eigenvalue weighted by Gasteiger charge is -2.31. The lowest BCUT2D eigenvalue weighted by Crippen LogP contribution is -2.45. The molecule has 0 aromatic heterocycles. The Morgan fingerprint density at radius 3 is 0.861 bits per heavy atom. The van der Waals surface area contributed by atoms with Crippen LogP contribution in [0.4, 0.5) is 0 Å². The molecule has 0 amide bonds. The summed E-state index contributed by atoms with van der Waals surface area (Å²) in [5, 5.41) is 38.3. The first-order valence-electron chi connectivity index (χ1n) is 14.5. The zero-order chi connectivity index (χ0) is 25.8. The van der Waals surface area contributed by atoms with Gasteiger partial charge in [0.2, 0.25) is 0 Å². The van der Waals surface area contributed by atoms with Gasteiger partial charge >= 0.3 is 0 Å². The molecule has 4 N–H and O–H groups in total. The van der Waals surface area contributed by atoms with Crippen LogP contribution >= 0.6 is 0 Å². The lowest BCUT2D eigenvalue weighted by atomic mass is 10.3. The van der Waals surface area contributed by atoms with E-state index in [9.17, 15) is 20.4 Å². The molecule has 10 heteroatoms. The van der Waals surface area contributed by atoms with Crippen LogP contribution in [0, 0.1) is 0 Å². The Labute approximate surface area is 220 Å². The molecule has 214 valence electrons. The van der Waals surface area contributed by atoms with Gasteiger partial charge < -0.3 is 30.2 Å². The van der Waals surface area contributed by atoms with E-state index in [2.05, 4.69) is 29.4 Å². The van der Waals surface area contributed by atoms with E-state index in [1.165, 1.54) is 51.9 Å². The van der Waals surface area contributed by atoms with Gasteiger partial charge in [-0.15, -0.1) is 0 Å². The quantitative estimate of drug-likeness (QED) is 0.126. The summed E-state index contributed by atoms with van der Waals surface area (Å²) in [7, 11) is 0. The summed E-state index contributed by atoms with van der Waals surface area (Å²) < 4.78 is 0. The third kappa shape index (κ3) is 13.9. The average Bonchev–Trinajstić information content (AvgIpc) is 3.60. The van der Waals surface area contributed by atoms with Gasteiger partial charge in [0.15, 0.2) is 0 Å². The largest absolute Gasteiger partial charge is 0.395 e. The Balaban J connectivity index is 1.74. The van der Waals surface area contributed by atoms with Crippen molar-refractivity contribution in [2.75, 3.05) is 144 Å². The number of aliphatic hydroxyl groups is 4. The molecule has 2 aliphatic heterocycles. The standard InChI is InChI=1S/C26H56N6O4/c33-23-19-29(11-9-27-5-1-2-6-27)13-15-31(21-25-35)17-18-32(22-26-36)16-14-30(20-24-34)12-10-28-7-3-4-8-28/h33-36H,1-26H2. The molecule has 2 saturated heterocycles. The number of hydrogen-bond acceptors (Lipinski definition) is 10. The summed E-state index contributed by atoms with van der Waals surface area (Å²) in [6.45, 7) is 17.3. The second kappa shape index (κ2) is 20.5. The molecule has 0 aliphatic carbocycles. The fourth-order valence-electron chi connectivity index (χ4n) is 5.33.